The molecule has 1 aromatic carbocycles. The third kappa shape index (κ3) is 3.70. The van der Waals surface area contributed by atoms with E-state index in [1.54, 1.807) is 11.3 Å². The molecule has 0 saturated heterocycles. The van der Waals surface area contributed by atoms with Crippen LogP contribution in [0.2, 0.25) is 5.02 Å². The molecule has 5 heteroatoms. The zero-order valence-electron chi connectivity index (χ0n) is 9.89. The molecule has 2 nitrogen and oxygen atoms in total. The van der Waals surface area contributed by atoms with Gasteiger partial charge in [-0.3, -0.25) is 0 Å². The number of thiophene rings is 1. The predicted octanol–water partition coefficient (Wildman–Crippen LogP) is 4.23. The predicted molar refractivity (Wildman–Crippen MR) is 83.5 cm³/mol. The van der Waals surface area contributed by atoms with Gasteiger partial charge in [0.15, 0.2) is 5.11 Å². The van der Waals surface area contributed by atoms with Gasteiger partial charge in [-0.2, -0.15) is 0 Å². The summed E-state index contributed by atoms with van der Waals surface area (Å²) in [5.74, 6) is 0. The molecule has 2 aromatic rings. The van der Waals surface area contributed by atoms with E-state index < -0.39 is 0 Å². The molecule has 2 rings (SSSR count). The third-order valence-electron chi connectivity index (χ3n) is 2.42. The highest BCUT2D eigenvalue weighted by atomic mass is 35.5. The average Bonchev–Trinajstić information content (AvgIpc) is 2.85. The summed E-state index contributed by atoms with van der Waals surface area (Å²) in [7, 11) is 1.98. The van der Waals surface area contributed by atoms with Gasteiger partial charge in [0.1, 0.15) is 0 Å². The maximum atomic E-state index is 5.84. The highest BCUT2D eigenvalue weighted by molar-refractivity contribution is 7.80. The van der Waals surface area contributed by atoms with Crippen molar-refractivity contribution in [2.75, 3.05) is 12.4 Å². The van der Waals surface area contributed by atoms with Crippen molar-refractivity contribution in [1.82, 2.24) is 4.90 Å². The first-order valence-corrected chi connectivity index (χ1v) is 7.12. The quantitative estimate of drug-likeness (QED) is 0.853. The number of hydrogen-bond donors (Lipinski definition) is 1. The van der Waals surface area contributed by atoms with Crippen molar-refractivity contribution < 1.29 is 0 Å². The van der Waals surface area contributed by atoms with Crippen LogP contribution in [-0.4, -0.2) is 17.1 Å². The van der Waals surface area contributed by atoms with Crippen molar-refractivity contribution in [3.63, 3.8) is 0 Å². The topological polar surface area (TPSA) is 15.3 Å². The summed E-state index contributed by atoms with van der Waals surface area (Å²) >= 11 is 12.9. The molecule has 0 spiro atoms. The van der Waals surface area contributed by atoms with Crippen molar-refractivity contribution >= 4 is 46.0 Å². The number of rotatable bonds is 3. The van der Waals surface area contributed by atoms with Crippen LogP contribution in [0.3, 0.4) is 0 Å². The van der Waals surface area contributed by atoms with E-state index in [2.05, 4.69) is 16.8 Å². The molecule has 0 saturated carbocycles. The fraction of sp³-hybridized carbons (Fsp3) is 0.154. The van der Waals surface area contributed by atoms with Gasteiger partial charge in [-0.25, -0.2) is 0 Å². The van der Waals surface area contributed by atoms with Gasteiger partial charge >= 0.3 is 0 Å². The van der Waals surface area contributed by atoms with Gasteiger partial charge in [0.05, 0.1) is 6.54 Å². The van der Waals surface area contributed by atoms with Gasteiger partial charge in [0.25, 0.3) is 0 Å². The molecule has 0 amide bonds. The van der Waals surface area contributed by atoms with Crippen LogP contribution < -0.4 is 5.32 Å². The molecule has 18 heavy (non-hydrogen) atoms. The van der Waals surface area contributed by atoms with Crippen LogP contribution in [0.1, 0.15) is 4.88 Å². The first kappa shape index (κ1) is 13.3. The van der Waals surface area contributed by atoms with Crippen molar-refractivity contribution in [2.45, 2.75) is 6.54 Å². The maximum absolute atomic E-state index is 5.84. The number of anilines is 1. The van der Waals surface area contributed by atoms with Gasteiger partial charge in [-0.15, -0.1) is 11.3 Å². The van der Waals surface area contributed by atoms with Crippen molar-refractivity contribution in [1.29, 1.82) is 0 Å². The van der Waals surface area contributed by atoms with E-state index in [9.17, 15) is 0 Å². The van der Waals surface area contributed by atoms with Crippen LogP contribution >= 0.6 is 35.2 Å². The molecule has 1 aromatic heterocycles. The Bertz CT molecular complexity index is 508. The summed E-state index contributed by atoms with van der Waals surface area (Å²) in [6.07, 6.45) is 0. The Hall–Kier alpha value is -1.10. The third-order valence-corrected chi connectivity index (χ3v) is 3.94. The van der Waals surface area contributed by atoms with Gasteiger partial charge in [-0.1, -0.05) is 17.7 Å². The van der Waals surface area contributed by atoms with Gasteiger partial charge in [-0.05, 0) is 47.9 Å². The number of nitrogens with zero attached hydrogens (tertiary/aromatic N) is 1. The summed E-state index contributed by atoms with van der Waals surface area (Å²) in [5, 5.41) is 6.67. The maximum Gasteiger partial charge on any atom is 0.173 e. The Labute approximate surface area is 121 Å². The van der Waals surface area contributed by atoms with Crippen LogP contribution in [0.25, 0.3) is 0 Å². The minimum Gasteiger partial charge on any atom is -0.347 e. The molecule has 0 aliphatic rings. The van der Waals surface area contributed by atoms with E-state index in [1.165, 1.54) is 4.88 Å². The zero-order chi connectivity index (χ0) is 13.0. The van der Waals surface area contributed by atoms with Gasteiger partial charge < -0.3 is 10.2 Å². The second-order valence-corrected chi connectivity index (χ2v) is 5.73. The summed E-state index contributed by atoms with van der Waals surface area (Å²) < 4.78 is 0. The summed E-state index contributed by atoms with van der Waals surface area (Å²) in [6.45, 7) is 0.817. The Balaban J connectivity index is 1.93. The number of thiocarbonyl (C=S) groups is 1. The molecule has 0 aliphatic heterocycles. The highest BCUT2D eigenvalue weighted by Gasteiger charge is 2.06. The molecule has 94 valence electrons. The first-order chi connectivity index (χ1) is 8.65. The van der Waals surface area contributed by atoms with E-state index in [-0.39, 0.29) is 0 Å². The normalized spacial score (nSPS) is 10.1. The minimum absolute atomic E-state index is 0.700. The summed E-state index contributed by atoms with van der Waals surface area (Å²) in [4.78, 5) is 3.30. The van der Waals surface area contributed by atoms with E-state index in [4.69, 9.17) is 23.8 Å². The molecule has 0 radical (unpaired) electrons. The molecule has 0 bridgehead atoms. The number of nitrogens with one attached hydrogen (secondary N) is 1. The zero-order valence-corrected chi connectivity index (χ0v) is 12.3. The van der Waals surface area contributed by atoms with Crippen molar-refractivity contribution in [2.24, 2.45) is 0 Å². The van der Waals surface area contributed by atoms with Crippen molar-refractivity contribution in [3.05, 3.63) is 51.7 Å². The number of benzene rings is 1. The van der Waals surface area contributed by atoms with Gasteiger partial charge in [0, 0.05) is 22.6 Å². The smallest absolute Gasteiger partial charge is 0.173 e. The summed E-state index contributed by atoms with van der Waals surface area (Å²) in [6, 6.07) is 11.6. The Kier molecular flexibility index (Phi) is 4.58. The molecule has 0 aliphatic carbocycles. The van der Waals surface area contributed by atoms with Crippen LogP contribution in [0, 0.1) is 0 Å². The number of hydrogen-bond acceptors (Lipinski definition) is 2. The molecule has 0 unspecified atom stereocenters. The van der Waals surface area contributed by atoms with E-state index in [1.807, 2.05) is 42.3 Å². The van der Waals surface area contributed by atoms with Crippen LogP contribution in [0.15, 0.2) is 41.8 Å². The number of halogens is 1. The fourth-order valence-electron chi connectivity index (χ4n) is 1.46. The molecular weight excluding hydrogens is 284 g/mol. The standard InChI is InChI=1S/C13H13ClN2S2/c1-16(9-12-3-2-8-18-12)13(17)15-11-6-4-10(14)5-7-11/h2-8H,9H2,1H3,(H,15,17). The largest absolute Gasteiger partial charge is 0.347 e. The van der Waals surface area contributed by atoms with Crippen molar-refractivity contribution in [3.8, 4) is 0 Å². The lowest BCUT2D eigenvalue weighted by atomic mass is 10.3. The lowest BCUT2D eigenvalue weighted by molar-refractivity contribution is 0.514. The lowest BCUT2D eigenvalue weighted by Gasteiger charge is -2.20. The Morgan fingerprint density at radius 2 is 2.06 bits per heavy atom. The van der Waals surface area contributed by atoms with Crippen LogP contribution in [0.4, 0.5) is 5.69 Å². The lowest BCUT2D eigenvalue weighted by Crippen LogP contribution is -2.30. The van der Waals surface area contributed by atoms with Crippen LogP contribution in [-0.2, 0) is 6.54 Å². The average molecular weight is 297 g/mol. The SMILES string of the molecule is CN(Cc1cccs1)C(=S)Nc1ccc(Cl)cc1. The molecule has 0 atom stereocenters. The van der Waals surface area contributed by atoms with E-state index in [0.29, 0.717) is 5.11 Å². The Morgan fingerprint density at radius 1 is 1.33 bits per heavy atom. The first-order valence-electron chi connectivity index (χ1n) is 5.45. The molecule has 1 heterocycles. The molecular formula is C13H13ClN2S2. The van der Waals surface area contributed by atoms with Crippen LogP contribution in [0.5, 0.6) is 0 Å². The van der Waals surface area contributed by atoms with E-state index in [0.717, 1.165) is 17.3 Å². The molecule has 0 fully saturated rings. The second kappa shape index (κ2) is 6.18. The van der Waals surface area contributed by atoms with Gasteiger partial charge in [0.2, 0.25) is 0 Å². The van der Waals surface area contributed by atoms with E-state index >= 15 is 0 Å². The fourth-order valence-corrected chi connectivity index (χ4v) is 2.53. The monoisotopic (exact) mass is 296 g/mol. The highest BCUT2D eigenvalue weighted by Crippen LogP contribution is 2.15. The summed E-state index contributed by atoms with van der Waals surface area (Å²) in [5.41, 5.74) is 0.947. The molecule has 1 N–H and O–H groups in total. The second-order valence-electron chi connectivity index (χ2n) is 3.87. The Morgan fingerprint density at radius 3 is 2.67 bits per heavy atom. The minimum atomic E-state index is 0.700.